The summed E-state index contributed by atoms with van der Waals surface area (Å²) in [6, 6.07) is 0. The Morgan fingerprint density at radius 3 is 0.938 bits per heavy atom. The summed E-state index contributed by atoms with van der Waals surface area (Å²) in [5.41, 5.74) is 0. The van der Waals surface area contributed by atoms with Gasteiger partial charge >= 0.3 is 0 Å². The zero-order valence-electron chi connectivity index (χ0n) is 22.5. The Hall–Kier alpha value is 0.110. The lowest BCUT2D eigenvalue weighted by atomic mass is 10.1. The van der Waals surface area contributed by atoms with Crippen LogP contribution in [0.5, 0.6) is 0 Å². The SMILES string of the molecule is CCCCCCCC(OC)P(=O)(C(CCCCCCC)OC)C(CCCCCCC)OC. The van der Waals surface area contributed by atoms with E-state index in [0.29, 0.717) is 0 Å². The summed E-state index contributed by atoms with van der Waals surface area (Å²) < 4.78 is 32.7. The summed E-state index contributed by atoms with van der Waals surface area (Å²) in [5, 5.41) is 0. The molecule has 0 aromatic heterocycles. The maximum absolute atomic E-state index is 14.8. The Balaban J connectivity index is 5.35. The van der Waals surface area contributed by atoms with Gasteiger partial charge in [-0.3, -0.25) is 0 Å². The average Bonchev–Trinajstić information content (AvgIpc) is 2.80. The van der Waals surface area contributed by atoms with Gasteiger partial charge in [0.1, 0.15) is 17.5 Å². The van der Waals surface area contributed by atoms with E-state index in [4.69, 9.17) is 14.2 Å². The predicted molar refractivity (Wildman–Crippen MR) is 140 cm³/mol. The molecule has 0 radical (unpaired) electrons. The highest BCUT2D eigenvalue weighted by atomic mass is 31.2. The summed E-state index contributed by atoms with van der Waals surface area (Å²) in [5.74, 6) is -0.819. The molecular formula is C27H57O4P. The molecule has 0 aromatic rings. The van der Waals surface area contributed by atoms with E-state index in [-0.39, 0.29) is 17.5 Å². The fourth-order valence-corrected chi connectivity index (χ4v) is 8.64. The molecule has 0 bridgehead atoms. The zero-order valence-corrected chi connectivity index (χ0v) is 23.4. The topological polar surface area (TPSA) is 44.8 Å². The molecule has 0 saturated carbocycles. The van der Waals surface area contributed by atoms with Gasteiger partial charge in [-0.25, -0.2) is 0 Å². The number of unbranched alkanes of at least 4 members (excludes halogenated alkanes) is 12. The third-order valence-electron chi connectivity index (χ3n) is 6.83. The Bertz CT molecular complexity index is 382. The second-order valence-corrected chi connectivity index (χ2v) is 12.7. The van der Waals surface area contributed by atoms with Crippen LogP contribution in [-0.4, -0.2) is 38.9 Å². The van der Waals surface area contributed by atoms with Gasteiger partial charge in [-0.15, -0.1) is 0 Å². The predicted octanol–water partition coefficient (Wildman–Crippen LogP) is 9.35. The van der Waals surface area contributed by atoms with Crippen LogP contribution in [-0.2, 0) is 18.8 Å². The Morgan fingerprint density at radius 2 is 0.719 bits per heavy atom. The van der Waals surface area contributed by atoms with Crippen molar-refractivity contribution in [2.24, 2.45) is 0 Å². The molecule has 0 aliphatic rings. The molecule has 0 spiro atoms. The average molecular weight is 477 g/mol. The van der Waals surface area contributed by atoms with Crippen LogP contribution < -0.4 is 0 Å². The first-order chi connectivity index (χ1) is 15.6. The molecule has 0 aliphatic heterocycles. The number of hydrogen-bond acceptors (Lipinski definition) is 4. The van der Waals surface area contributed by atoms with Crippen molar-refractivity contribution in [3.8, 4) is 0 Å². The lowest BCUT2D eigenvalue weighted by molar-refractivity contribution is 0.0896. The molecule has 32 heavy (non-hydrogen) atoms. The molecule has 0 saturated heterocycles. The Kier molecular flexibility index (Phi) is 21.7. The molecular weight excluding hydrogens is 419 g/mol. The maximum Gasteiger partial charge on any atom is 0.169 e. The van der Waals surface area contributed by atoms with E-state index in [2.05, 4.69) is 20.8 Å². The van der Waals surface area contributed by atoms with Crippen molar-refractivity contribution in [2.45, 2.75) is 154 Å². The van der Waals surface area contributed by atoms with Crippen LogP contribution in [0.3, 0.4) is 0 Å². The van der Waals surface area contributed by atoms with Gasteiger partial charge in [-0.2, -0.15) is 0 Å². The quantitative estimate of drug-likeness (QED) is 0.103. The molecule has 4 nitrogen and oxygen atoms in total. The summed E-state index contributed by atoms with van der Waals surface area (Å²) in [6.45, 7) is 6.71. The molecule has 0 amide bonds. The zero-order chi connectivity index (χ0) is 24.1. The molecule has 194 valence electrons. The second-order valence-electron chi connectivity index (χ2n) is 9.44. The van der Waals surface area contributed by atoms with Crippen LogP contribution >= 0.6 is 7.14 Å². The van der Waals surface area contributed by atoms with Gasteiger partial charge < -0.3 is 18.8 Å². The highest BCUT2D eigenvalue weighted by Gasteiger charge is 2.47. The molecule has 0 rings (SSSR count). The van der Waals surface area contributed by atoms with Crippen molar-refractivity contribution in [3.63, 3.8) is 0 Å². The van der Waals surface area contributed by atoms with E-state index < -0.39 is 7.14 Å². The molecule has 5 heteroatoms. The van der Waals surface area contributed by atoms with Gasteiger partial charge in [0.15, 0.2) is 7.14 Å². The minimum atomic E-state index is -2.88. The largest absolute Gasteiger partial charge is 0.374 e. The molecule has 0 heterocycles. The van der Waals surface area contributed by atoms with E-state index in [1.54, 1.807) is 21.3 Å². The molecule has 0 N–H and O–H groups in total. The number of hydrogen-bond donors (Lipinski definition) is 0. The van der Waals surface area contributed by atoms with Crippen molar-refractivity contribution < 1.29 is 18.8 Å². The Morgan fingerprint density at radius 1 is 0.469 bits per heavy atom. The van der Waals surface area contributed by atoms with Crippen molar-refractivity contribution in [1.82, 2.24) is 0 Å². The third kappa shape index (κ3) is 12.5. The standard InChI is InChI=1S/C27H57O4P/c1-7-10-13-16-19-22-25(29-4)32(28,26(30-5)23-20-17-14-11-8-2)27(31-6)24-21-18-15-12-9-3/h25-27H,7-24H2,1-6H3. The fraction of sp³-hybridized carbons (Fsp3) is 1.00. The van der Waals surface area contributed by atoms with Gasteiger partial charge in [0.2, 0.25) is 0 Å². The van der Waals surface area contributed by atoms with Crippen molar-refractivity contribution >= 4 is 7.14 Å². The maximum atomic E-state index is 14.8. The van der Waals surface area contributed by atoms with Gasteiger partial charge in [0.25, 0.3) is 0 Å². The van der Waals surface area contributed by atoms with Gasteiger partial charge in [0, 0.05) is 21.3 Å². The first-order valence-electron chi connectivity index (χ1n) is 13.7. The molecule has 0 aliphatic carbocycles. The van der Waals surface area contributed by atoms with Gasteiger partial charge in [-0.05, 0) is 19.3 Å². The van der Waals surface area contributed by atoms with Crippen molar-refractivity contribution in [1.29, 1.82) is 0 Å². The monoisotopic (exact) mass is 476 g/mol. The first-order valence-corrected chi connectivity index (χ1v) is 15.6. The fourth-order valence-electron chi connectivity index (χ4n) is 4.78. The first kappa shape index (κ1) is 32.1. The number of ether oxygens (including phenoxy) is 3. The molecule has 3 unspecified atom stereocenters. The summed E-state index contributed by atoms with van der Waals surface area (Å²) in [4.78, 5) is 0. The van der Waals surface area contributed by atoms with E-state index in [0.717, 1.165) is 38.5 Å². The van der Waals surface area contributed by atoms with Crippen LogP contribution in [0.2, 0.25) is 0 Å². The summed E-state index contributed by atoms with van der Waals surface area (Å²) in [7, 11) is 2.30. The second kappa shape index (κ2) is 21.6. The van der Waals surface area contributed by atoms with E-state index >= 15 is 0 Å². The minimum absolute atomic E-state index is 0.273. The van der Waals surface area contributed by atoms with Crippen LogP contribution in [0.25, 0.3) is 0 Å². The van der Waals surface area contributed by atoms with Gasteiger partial charge in [0.05, 0.1) is 0 Å². The van der Waals surface area contributed by atoms with Crippen molar-refractivity contribution in [3.05, 3.63) is 0 Å². The molecule has 0 aromatic carbocycles. The van der Waals surface area contributed by atoms with Crippen LogP contribution in [0, 0.1) is 0 Å². The lowest BCUT2D eigenvalue weighted by Crippen LogP contribution is -2.31. The van der Waals surface area contributed by atoms with Crippen LogP contribution in [0.1, 0.15) is 136 Å². The summed E-state index contributed by atoms with van der Waals surface area (Å²) >= 11 is 0. The smallest absolute Gasteiger partial charge is 0.169 e. The lowest BCUT2D eigenvalue weighted by Gasteiger charge is -2.38. The van der Waals surface area contributed by atoms with E-state index in [1.165, 1.54) is 77.0 Å². The third-order valence-corrected chi connectivity index (χ3v) is 10.9. The minimum Gasteiger partial charge on any atom is -0.374 e. The highest BCUT2D eigenvalue weighted by molar-refractivity contribution is 7.65. The molecule has 3 atom stereocenters. The van der Waals surface area contributed by atoms with E-state index in [9.17, 15) is 4.57 Å². The van der Waals surface area contributed by atoms with E-state index in [1.807, 2.05) is 0 Å². The van der Waals surface area contributed by atoms with Crippen LogP contribution in [0.4, 0.5) is 0 Å². The molecule has 0 fully saturated rings. The van der Waals surface area contributed by atoms with Crippen LogP contribution in [0.15, 0.2) is 0 Å². The normalized spacial score (nSPS) is 16.6. The highest BCUT2D eigenvalue weighted by Crippen LogP contribution is 2.63. The summed E-state index contributed by atoms with van der Waals surface area (Å²) in [6.07, 6.45) is 20.5. The number of methoxy groups -OCH3 is 3. The Labute approximate surface area is 201 Å². The van der Waals surface area contributed by atoms with Crippen molar-refractivity contribution in [2.75, 3.05) is 21.3 Å². The van der Waals surface area contributed by atoms with Gasteiger partial charge in [-0.1, -0.05) is 117 Å². The number of rotatable bonds is 24.